The highest BCUT2D eigenvalue weighted by molar-refractivity contribution is 9.10. The zero-order valence-corrected chi connectivity index (χ0v) is 12.8. The number of alkyl halides is 3. The first kappa shape index (κ1) is 15.6. The van der Waals surface area contributed by atoms with E-state index in [2.05, 4.69) is 21.2 Å². The molecule has 1 aliphatic rings. The Morgan fingerprint density at radius 2 is 2.15 bits per heavy atom. The molecule has 1 unspecified atom stereocenters. The van der Waals surface area contributed by atoms with E-state index in [0.29, 0.717) is 19.6 Å². The summed E-state index contributed by atoms with van der Waals surface area (Å²) < 4.78 is 42.8. The van der Waals surface area contributed by atoms with Crippen molar-refractivity contribution in [2.75, 3.05) is 19.7 Å². The van der Waals surface area contributed by atoms with Crippen LogP contribution in [-0.4, -0.2) is 25.9 Å². The second-order valence-corrected chi connectivity index (χ2v) is 6.12. The van der Waals surface area contributed by atoms with E-state index in [9.17, 15) is 13.2 Å². The third kappa shape index (κ3) is 4.38. The van der Waals surface area contributed by atoms with Gasteiger partial charge in [-0.05, 0) is 42.1 Å². The zero-order valence-electron chi connectivity index (χ0n) is 11.2. The summed E-state index contributed by atoms with van der Waals surface area (Å²) in [7, 11) is 0. The summed E-state index contributed by atoms with van der Waals surface area (Å²) >= 11 is 3.46. The molecule has 2 rings (SSSR count). The number of halogens is 4. The molecule has 2 nitrogen and oxygen atoms in total. The molecule has 20 heavy (non-hydrogen) atoms. The second kappa shape index (κ2) is 6.35. The van der Waals surface area contributed by atoms with Crippen molar-refractivity contribution in [1.29, 1.82) is 0 Å². The highest BCUT2D eigenvalue weighted by Gasteiger charge is 2.26. The third-order valence-corrected chi connectivity index (χ3v) is 3.67. The Morgan fingerprint density at radius 3 is 2.85 bits per heavy atom. The largest absolute Gasteiger partial charge is 0.493 e. The Kier molecular flexibility index (Phi) is 4.96. The molecular weight excluding hydrogens is 335 g/mol. The zero-order chi connectivity index (χ0) is 14.8. The quantitative estimate of drug-likeness (QED) is 0.872. The molecule has 0 saturated carbocycles. The van der Waals surface area contributed by atoms with Gasteiger partial charge in [-0.1, -0.05) is 22.9 Å². The molecule has 0 amide bonds. The second-order valence-electron chi connectivity index (χ2n) is 5.21. The topological polar surface area (TPSA) is 21.3 Å². The van der Waals surface area contributed by atoms with Gasteiger partial charge in [-0.3, -0.25) is 0 Å². The van der Waals surface area contributed by atoms with Gasteiger partial charge >= 0.3 is 6.18 Å². The van der Waals surface area contributed by atoms with Gasteiger partial charge < -0.3 is 10.1 Å². The van der Waals surface area contributed by atoms with Crippen LogP contribution in [0.3, 0.4) is 0 Å². The average Bonchev–Trinajstić information content (AvgIpc) is 2.74. The molecule has 1 aliphatic heterocycles. The molecule has 0 fully saturated rings. The van der Waals surface area contributed by atoms with Crippen molar-refractivity contribution in [2.45, 2.75) is 25.9 Å². The van der Waals surface area contributed by atoms with E-state index < -0.39 is 12.7 Å². The van der Waals surface area contributed by atoms with Gasteiger partial charge in [0.2, 0.25) is 0 Å². The maximum absolute atomic E-state index is 12.1. The van der Waals surface area contributed by atoms with E-state index in [0.717, 1.165) is 22.2 Å². The minimum Gasteiger partial charge on any atom is -0.493 e. The van der Waals surface area contributed by atoms with Crippen LogP contribution in [0.1, 0.15) is 18.1 Å². The lowest BCUT2D eigenvalue weighted by Gasteiger charge is -2.16. The molecule has 1 N–H and O–H groups in total. The maximum Gasteiger partial charge on any atom is 0.401 e. The van der Waals surface area contributed by atoms with Gasteiger partial charge in [0.1, 0.15) is 5.75 Å². The average molecular weight is 352 g/mol. The Labute approximate surface area is 124 Å². The lowest BCUT2D eigenvalue weighted by atomic mass is 9.98. The Bertz CT molecular complexity index is 476. The van der Waals surface area contributed by atoms with Crippen molar-refractivity contribution >= 4 is 15.9 Å². The van der Waals surface area contributed by atoms with E-state index in [1.165, 1.54) is 5.56 Å². The first-order chi connectivity index (χ1) is 9.35. The molecule has 0 spiro atoms. The monoisotopic (exact) mass is 351 g/mol. The fourth-order valence-corrected chi connectivity index (χ4v) is 2.96. The van der Waals surface area contributed by atoms with Gasteiger partial charge in [-0.25, -0.2) is 0 Å². The van der Waals surface area contributed by atoms with Gasteiger partial charge in [0.25, 0.3) is 0 Å². The van der Waals surface area contributed by atoms with E-state index in [4.69, 9.17) is 4.74 Å². The Balaban J connectivity index is 1.93. The van der Waals surface area contributed by atoms with Gasteiger partial charge in [-0.15, -0.1) is 0 Å². The fraction of sp³-hybridized carbons (Fsp3) is 0.571. The van der Waals surface area contributed by atoms with Gasteiger partial charge in [0, 0.05) is 10.9 Å². The highest BCUT2D eigenvalue weighted by Crippen LogP contribution is 2.34. The minimum absolute atomic E-state index is 0.111. The molecule has 6 heteroatoms. The summed E-state index contributed by atoms with van der Waals surface area (Å²) in [6, 6.07) is 4.03. The van der Waals surface area contributed by atoms with Crippen LogP contribution in [0.4, 0.5) is 13.2 Å². The first-order valence-corrected chi connectivity index (χ1v) is 7.36. The summed E-state index contributed by atoms with van der Waals surface area (Å²) in [6.07, 6.45) is -2.56. The van der Waals surface area contributed by atoms with Crippen LogP contribution in [0.5, 0.6) is 5.75 Å². The smallest absolute Gasteiger partial charge is 0.401 e. The van der Waals surface area contributed by atoms with E-state index in [-0.39, 0.29) is 5.92 Å². The fourth-order valence-electron chi connectivity index (χ4n) is 2.41. The molecule has 0 saturated heterocycles. The van der Waals surface area contributed by atoms with Crippen LogP contribution in [-0.2, 0) is 12.8 Å². The van der Waals surface area contributed by atoms with E-state index in [1.54, 1.807) is 0 Å². The predicted molar refractivity (Wildman–Crippen MR) is 75.1 cm³/mol. The van der Waals surface area contributed by atoms with E-state index in [1.807, 2.05) is 19.1 Å². The van der Waals surface area contributed by atoms with Crippen molar-refractivity contribution < 1.29 is 17.9 Å². The summed E-state index contributed by atoms with van der Waals surface area (Å²) in [5, 5.41) is 2.45. The highest BCUT2D eigenvalue weighted by atomic mass is 79.9. The molecule has 1 aromatic rings. The number of ether oxygens (including phenoxy) is 1. The van der Waals surface area contributed by atoms with Crippen molar-refractivity contribution in [2.24, 2.45) is 5.92 Å². The Hall–Kier alpha value is -0.750. The number of hydrogen-bond acceptors (Lipinski definition) is 2. The van der Waals surface area contributed by atoms with Crippen LogP contribution >= 0.6 is 15.9 Å². The summed E-state index contributed by atoms with van der Waals surface area (Å²) in [4.78, 5) is 0. The van der Waals surface area contributed by atoms with Crippen molar-refractivity contribution in [1.82, 2.24) is 5.32 Å². The van der Waals surface area contributed by atoms with Crippen LogP contribution in [0.2, 0.25) is 0 Å². The van der Waals surface area contributed by atoms with Gasteiger partial charge in [0.15, 0.2) is 0 Å². The van der Waals surface area contributed by atoms with Crippen LogP contribution in [0.25, 0.3) is 0 Å². The van der Waals surface area contributed by atoms with E-state index >= 15 is 0 Å². The number of rotatable bonds is 5. The molecular formula is C14H17BrF3NO. The normalized spacial score (nSPS) is 15.8. The van der Waals surface area contributed by atoms with Crippen LogP contribution in [0, 0.1) is 5.92 Å². The van der Waals surface area contributed by atoms with Gasteiger partial charge in [-0.2, -0.15) is 13.2 Å². The van der Waals surface area contributed by atoms with Crippen LogP contribution in [0.15, 0.2) is 16.6 Å². The molecule has 0 aromatic heterocycles. The molecule has 1 atom stereocenters. The van der Waals surface area contributed by atoms with Crippen LogP contribution < -0.4 is 10.1 Å². The Morgan fingerprint density at radius 1 is 1.40 bits per heavy atom. The van der Waals surface area contributed by atoms with Crippen molar-refractivity contribution in [3.8, 4) is 5.75 Å². The predicted octanol–water partition coefficient (Wildman–Crippen LogP) is 3.71. The number of fused-ring (bicyclic) bond motifs is 1. The SMILES string of the molecule is CC(CNCC(F)(F)F)Cc1cc(Br)cc2c1OCC2. The number of hydrogen-bond donors (Lipinski definition) is 1. The molecule has 1 heterocycles. The third-order valence-electron chi connectivity index (χ3n) is 3.21. The number of benzene rings is 1. The molecule has 1 aromatic carbocycles. The maximum atomic E-state index is 12.1. The van der Waals surface area contributed by atoms with Gasteiger partial charge in [0.05, 0.1) is 13.2 Å². The first-order valence-electron chi connectivity index (χ1n) is 6.57. The summed E-state index contributed by atoms with van der Waals surface area (Å²) in [6.45, 7) is 2.01. The summed E-state index contributed by atoms with van der Waals surface area (Å²) in [5.74, 6) is 1.02. The lowest BCUT2D eigenvalue weighted by Crippen LogP contribution is -2.32. The van der Waals surface area contributed by atoms with Crippen molar-refractivity contribution in [3.05, 3.63) is 27.7 Å². The summed E-state index contributed by atoms with van der Waals surface area (Å²) in [5.41, 5.74) is 2.23. The lowest BCUT2D eigenvalue weighted by molar-refractivity contribution is -0.125. The standard InChI is InChI=1S/C14H17BrF3NO/c1-9(7-19-8-14(16,17)18)4-11-6-12(15)5-10-2-3-20-13(10)11/h5-6,9,19H,2-4,7-8H2,1H3. The van der Waals surface area contributed by atoms with Crippen molar-refractivity contribution in [3.63, 3.8) is 0 Å². The number of nitrogens with one attached hydrogen (secondary N) is 1. The molecule has 112 valence electrons. The molecule has 0 aliphatic carbocycles. The molecule has 0 bridgehead atoms. The minimum atomic E-state index is -4.15. The molecule has 0 radical (unpaired) electrons.